The highest BCUT2D eigenvalue weighted by molar-refractivity contribution is 8.13. The molecule has 1 unspecified atom stereocenters. The average molecular weight is 255 g/mol. The van der Waals surface area contributed by atoms with Gasteiger partial charge in [0, 0.05) is 10.7 Å². The van der Waals surface area contributed by atoms with E-state index in [1.54, 1.807) is 0 Å². The molecule has 0 aromatic heterocycles. The molecule has 90 valence electrons. The molecule has 0 bridgehead atoms. The summed E-state index contributed by atoms with van der Waals surface area (Å²) >= 11 is 0. The summed E-state index contributed by atoms with van der Waals surface area (Å²) in [5, 5.41) is 0. The highest BCUT2D eigenvalue weighted by Crippen LogP contribution is 2.27. The van der Waals surface area contributed by atoms with Crippen LogP contribution in [0.5, 0.6) is 0 Å². The van der Waals surface area contributed by atoms with Crippen LogP contribution in [0.2, 0.25) is 0 Å². The zero-order valence-electron chi connectivity index (χ0n) is 9.12. The molecule has 1 saturated carbocycles. The van der Waals surface area contributed by atoms with Crippen LogP contribution < -0.4 is 0 Å². The van der Waals surface area contributed by atoms with Gasteiger partial charge in [-0.15, -0.1) is 0 Å². The van der Waals surface area contributed by atoms with Crippen LogP contribution in [-0.2, 0) is 13.8 Å². The van der Waals surface area contributed by atoms with Gasteiger partial charge in [-0.1, -0.05) is 19.3 Å². The van der Waals surface area contributed by atoms with E-state index in [0.717, 1.165) is 0 Å². The van der Waals surface area contributed by atoms with Gasteiger partial charge < -0.3 is 4.74 Å². The maximum absolute atomic E-state index is 10.7. The van der Waals surface area contributed by atoms with E-state index in [0.29, 0.717) is 5.92 Å². The molecule has 0 aromatic rings. The van der Waals surface area contributed by atoms with Gasteiger partial charge in [-0.2, -0.15) is 0 Å². The molecule has 1 atom stereocenters. The topological polar surface area (TPSA) is 43.4 Å². The molecule has 0 heterocycles. The quantitative estimate of drug-likeness (QED) is 0.708. The summed E-state index contributed by atoms with van der Waals surface area (Å²) < 4.78 is 26.8. The van der Waals surface area contributed by atoms with Crippen molar-refractivity contribution in [2.45, 2.75) is 45.1 Å². The molecular formula is C10H19ClO3S. The van der Waals surface area contributed by atoms with E-state index in [2.05, 4.69) is 0 Å². The van der Waals surface area contributed by atoms with Gasteiger partial charge in [0.1, 0.15) is 0 Å². The maximum atomic E-state index is 10.7. The van der Waals surface area contributed by atoms with Crippen molar-refractivity contribution in [3.63, 3.8) is 0 Å². The minimum Gasteiger partial charge on any atom is -0.377 e. The Bertz CT molecular complexity index is 270. The third-order valence-electron chi connectivity index (χ3n) is 3.02. The highest BCUT2D eigenvalue weighted by Gasteiger charge is 2.20. The molecule has 0 aliphatic heterocycles. The van der Waals surface area contributed by atoms with Crippen molar-refractivity contribution in [2.24, 2.45) is 5.92 Å². The van der Waals surface area contributed by atoms with Crippen LogP contribution in [0.4, 0.5) is 0 Å². The second kappa shape index (κ2) is 6.06. The Balaban J connectivity index is 2.20. The second-order valence-corrected chi connectivity index (χ2v) is 7.11. The van der Waals surface area contributed by atoms with Crippen molar-refractivity contribution < 1.29 is 13.2 Å². The Kier molecular flexibility index (Phi) is 5.36. The first-order valence-electron chi connectivity index (χ1n) is 5.53. The van der Waals surface area contributed by atoms with Gasteiger partial charge in [0.05, 0.1) is 18.5 Å². The van der Waals surface area contributed by atoms with Crippen molar-refractivity contribution in [1.29, 1.82) is 0 Å². The van der Waals surface area contributed by atoms with Gasteiger partial charge in [-0.25, -0.2) is 8.42 Å². The number of ether oxygens (including phenoxy) is 1. The van der Waals surface area contributed by atoms with E-state index in [4.69, 9.17) is 15.4 Å². The third kappa shape index (κ3) is 5.73. The molecule has 1 fully saturated rings. The summed E-state index contributed by atoms with van der Waals surface area (Å²) in [6.45, 7) is 2.24. The van der Waals surface area contributed by atoms with Crippen molar-refractivity contribution >= 4 is 19.7 Å². The largest absolute Gasteiger partial charge is 0.377 e. The molecule has 1 rings (SSSR count). The lowest BCUT2D eigenvalue weighted by atomic mass is 9.86. The van der Waals surface area contributed by atoms with Gasteiger partial charge in [0.15, 0.2) is 0 Å². The first-order chi connectivity index (χ1) is 6.99. The lowest BCUT2D eigenvalue weighted by Crippen LogP contribution is -2.25. The summed E-state index contributed by atoms with van der Waals surface area (Å²) in [5.74, 6) is 0.503. The summed E-state index contributed by atoms with van der Waals surface area (Å²) in [6.07, 6.45) is 6.42. The smallest absolute Gasteiger partial charge is 0.234 e. The van der Waals surface area contributed by atoms with Crippen molar-refractivity contribution in [2.75, 3.05) is 12.4 Å². The second-order valence-electron chi connectivity index (χ2n) is 4.22. The first kappa shape index (κ1) is 13.3. The fraction of sp³-hybridized carbons (Fsp3) is 1.00. The lowest BCUT2D eigenvalue weighted by molar-refractivity contribution is 0.0214. The number of halogens is 1. The molecule has 0 aromatic carbocycles. The molecule has 0 radical (unpaired) electrons. The highest BCUT2D eigenvalue weighted by atomic mass is 35.7. The van der Waals surface area contributed by atoms with Gasteiger partial charge in [0.25, 0.3) is 0 Å². The molecule has 0 N–H and O–H groups in total. The lowest BCUT2D eigenvalue weighted by Gasteiger charge is -2.27. The number of rotatable bonds is 5. The Morgan fingerprint density at radius 2 is 1.93 bits per heavy atom. The van der Waals surface area contributed by atoms with Gasteiger partial charge in [-0.3, -0.25) is 0 Å². The Labute approximate surface area is 96.6 Å². The summed E-state index contributed by atoms with van der Waals surface area (Å²) in [7, 11) is 1.69. The van der Waals surface area contributed by atoms with Crippen LogP contribution in [0.3, 0.4) is 0 Å². The zero-order valence-corrected chi connectivity index (χ0v) is 10.7. The standard InChI is InChI=1S/C10H19ClO3S/c1-9(10-5-3-2-4-6-10)14-7-8-15(11,12)13/h9-10H,2-8H2,1H3. The van der Waals surface area contributed by atoms with Crippen molar-refractivity contribution in [3.05, 3.63) is 0 Å². The number of hydrogen-bond donors (Lipinski definition) is 0. The van der Waals surface area contributed by atoms with Gasteiger partial charge in [-0.05, 0) is 25.7 Å². The molecule has 1 aliphatic rings. The van der Waals surface area contributed by atoms with Crippen LogP contribution >= 0.6 is 10.7 Å². The Hall–Kier alpha value is 0.200. The first-order valence-corrected chi connectivity index (χ1v) is 8.01. The van der Waals surface area contributed by atoms with Crippen molar-refractivity contribution in [3.8, 4) is 0 Å². The molecule has 15 heavy (non-hydrogen) atoms. The maximum Gasteiger partial charge on any atom is 0.234 e. The SMILES string of the molecule is CC(OCCS(=O)(=O)Cl)C1CCCCC1. The van der Waals surface area contributed by atoms with E-state index in [1.807, 2.05) is 6.92 Å². The molecule has 3 nitrogen and oxygen atoms in total. The van der Waals surface area contributed by atoms with Gasteiger partial charge >= 0.3 is 0 Å². The van der Waals surface area contributed by atoms with Crippen LogP contribution in [-0.4, -0.2) is 26.9 Å². The predicted molar refractivity (Wildman–Crippen MR) is 61.6 cm³/mol. The van der Waals surface area contributed by atoms with Crippen LogP contribution in [0.1, 0.15) is 39.0 Å². The molecular weight excluding hydrogens is 236 g/mol. The molecule has 1 aliphatic carbocycles. The van der Waals surface area contributed by atoms with E-state index >= 15 is 0 Å². The normalized spacial score (nSPS) is 21.5. The van der Waals surface area contributed by atoms with Gasteiger partial charge in [0.2, 0.25) is 9.05 Å². The summed E-state index contributed by atoms with van der Waals surface area (Å²) in [4.78, 5) is 0. The minimum atomic E-state index is -3.40. The van der Waals surface area contributed by atoms with E-state index in [9.17, 15) is 8.42 Å². The van der Waals surface area contributed by atoms with E-state index < -0.39 is 9.05 Å². The minimum absolute atomic E-state index is 0.0917. The Morgan fingerprint density at radius 1 is 1.33 bits per heavy atom. The summed E-state index contributed by atoms with van der Waals surface area (Å²) in [5.41, 5.74) is 0. The van der Waals surface area contributed by atoms with E-state index in [-0.39, 0.29) is 18.5 Å². The Morgan fingerprint density at radius 3 is 2.47 bits per heavy atom. The molecule has 0 amide bonds. The predicted octanol–water partition coefficient (Wildman–Crippen LogP) is 2.54. The average Bonchev–Trinajstić information content (AvgIpc) is 2.17. The van der Waals surface area contributed by atoms with Crippen molar-refractivity contribution in [1.82, 2.24) is 0 Å². The fourth-order valence-electron chi connectivity index (χ4n) is 2.07. The molecule has 5 heteroatoms. The van der Waals surface area contributed by atoms with Crippen LogP contribution in [0, 0.1) is 5.92 Å². The monoisotopic (exact) mass is 254 g/mol. The number of hydrogen-bond acceptors (Lipinski definition) is 3. The van der Waals surface area contributed by atoms with Crippen LogP contribution in [0.15, 0.2) is 0 Å². The zero-order chi connectivity index (χ0) is 11.3. The fourth-order valence-corrected chi connectivity index (χ4v) is 2.56. The van der Waals surface area contributed by atoms with E-state index in [1.165, 1.54) is 32.1 Å². The molecule has 0 saturated heterocycles. The molecule has 0 spiro atoms. The van der Waals surface area contributed by atoms with Crippen LogP contribution in [0.25, 0.3) is 0 Å². The third-order valence-corrected chi connectivity index (χ3v) is 4.14. The summed E-state index contributed by atoms with van der Waals surface area (Å²) in [6, 6.07) is 0.